The highest BCUT2D eigenvalue weighted by Gasteiger charge is 2.21. The molecule has 2 aromatic rings. The zero-order valence-electron chi connectivity index (χ0n) is 10.2. The van der Waals surface area contributed by atoms with Crippen LogP contribution in [0.3, 0.4) is 0 Å². The number of nitrogens with two attached hydrogens (primary N) is 1. The predicted octanol–water partition coefficient (Wildman–Crippen LogP) is 2.55. The van der Waals surface area contributed by atoms with Crippen LogP contribution in [0, 0.1) is 5.92 Å². The SMILES string of the molecule is NCC1Cc2cnc(Oc3ccccc3)cc2C1. The van der Waals surface area contributed by atoms with Gasteiger partial charge >= 0.3 is 0 Å². The summed E-state index contributed by atoms with van der Waals surface area (Å²) in [4.78, 5) is 4.35. The number of benzene rings is 1. The summed E-state index contributed by atoms with van der Waals surface area (Å²) in [6, 6.07) is 11.8. The average Bonchev–Trinajstić information content (AvgIpc) is 2.82. The normalized spacial score (nSPS) is 17.5. The van der Waals surface area contributed by atoms with Crippen LogP contribution in [0.15, 0.2) is 42.6 Å². The van der Waals surface area contributed by atoms with Crippen molar-refractivity contribution in [1.29, 1.82) is 0 Å². The Balaban J connectivity index is 1.80. The molecule has 0 bridgehead atoms. The van der Waals surface area contributed by atoms with Crippen LogP contribution in [0.1, 0.15) is 11.1 Å². The molecule has 3 rings (SSSR count). The molecule has 1 atom stereocenters. The second-order valence-electron chi connectivity index (χ2n) is 4.72. The second kappa shape index (κ2) is 4.78. The lowest BCUT2D eigenvalue weighted by molar-refractivity contribution is 0.462. The Kier molecular flexibility index (Phi) is 2.99. The Morgan fingerprint density at radius 3 is 2.72 bits per heavy atom. The first kappa shape index (κ1) is 11.2. The fourth-order valence-corrected chi connectivity index (χ4v) is 2.40. The van der Waals surface area contributed by atoms with Gasteiger partial charge in [0.1, 0.15) is 5.75 Å². The third kappa shape index (κ3) is 2.22. The van der Waals surface area contributed by atoms with Gasteiger partial charge in [-0.15, -0.1) is 0 Å². The predicted molar refractivity (Wildman–Crippen MR) is 70.7 cm³/mol. The molecule has 1 aliphatic rings. The number of para-hydroxylation sites is 1. The van der Waals surface area contributed by atoms with Gasteiger partial charge in [-0.05, 0) is 48.6 Å². The Bertz CT molecular complexity index is 539. The van der Waals surface area contributed by atoms with Crippen LogP contribution in [0.25, 0.3) is 0 Å². The molecule has 0 saturated heterocycles. The molecule has 18 heavy (non-hydrogen) atoms. The summed E-state index contributed by atoms with van der Waals surface area (Å²) < 4.78 is 5.73. The van der Waals surface area contributed by atoms with Crippen LogP contribution in [0.2, 0.25) is 0 Å². The zero-order valence-corrected chi connectivity index (χ0v) is 10.2. The van der Waals surface area contributed by atoms with E-state index in [9.17, 15) is 0 Å². The van der Waals surface area contributed by atoms with Crippen molar-refractivity contribution in [3.8, 4) is 11.6 Å². The summed E-state index contributed by atoms with van der Waals surface area (Å²) in [5, 5.41) is 0. The number of hydrogen-bond donors (Lipinski definition) is 1. The van der Waals surface area contributed by atoms with Gasteiger partial charge in [-0.1, -0.05) is 18.2 Å². The third-order valence-electron chi connectivity index (χ3n) is 3.37. The van der Waals surface area contributed by atoms with Gasteiger partial charge in [-0.2, -0.15) is 0 Å². The fraction of sp³-hybridized carbons (Fsp3) is 0.267. The van der Waals surface area contributed by atoms with E-state index < -0.39 is 0 Å². The summed E-state index contributed by atoms with van der Waals surface area (Å²) in [5.74, 6) is 2.05. The first-order valence-electron chi connectivity index (χ1n) is 6.26. The number of nitrogens with zero attached hydrogens (tertiary/aromatic N) is 1. The molecule has 2 N–H and O–H groups in total. The largest absolute Gasteiger partial charge is 0.439 e. The lowest BCUT2D eigenvalue weighted by Gasteiger charge is -2.06. The molecular weight excluding hydrogens is 224 g/mol. The van der Waals surface area contributed by atoms with E-state index >= 15 is 0 Å². The van der Waals surface area contributed by atoms with Crippen molar-refractivity contribution >= 4 is 0 Å². The molecule has 1 unspecified atom stereocenters. The fourth-order valence-electron chi connectivity index (χ4n) is 2.40. The van der Waals surface area contributed by atoms with Gasteiger partial charge in [0.25, 0.3) is 0 Å². The van der Waals surface area contributed by atoms with E-state index in [2.05, 4.69) is 4.98 Å². The van der Waals surface area contributed by atoms with Crippen molar-refractivity contribution in [3.05, 3.63) is 53.7 Å². The Hall–Kier alpha value is -1.87. The van der Waals surface area contributed by atoms with Crippen LogP contribution in [-0.4, -0.2) is 11.5 Å². The molecule has 0 saturated carbocycles. The number of rotatable bonds is 3. The molecule has 92 valence electrons. The minimum absolute atomic E-state index is 0.564. The average molecular weight is 240 g/mol. The van der Waals surface area contributed by atoms with E-state index in [4.69, 9.17) is 10.5 Å². The number of fused-ring (bicyclic) bond motifs is 1. The highest BCUT2D eigenvalue weighted by atomic mass is 16.5. The van der Waals surface area contributed by atoms with Gasteiger partial charge < -0.3 is 10.5 Å². The van der Waals surface area contributed by atoms with E-state index in [1.54, 1.807) is 0 Å². The number of aromatic nitrogens is 1. The molecule has 1 aromatic carbocycles. The van der Waals surface area contributed by atoms with Crippen LogP contribution >= 0.6 is 0 Å². The molecule has 0 fully saturated rings. The molecular formula is C15H16N2O. The molecule has 3 nitrogen and oxygen atoms in total. The molecule has 1 heterocycles. The van der Waals surface area contributed by atoms with Crippen molar-refractivity contribution in [3.63, 3.8) is 0 Å². The molecule has 0 amide bonds. The molecule has 0 aliphatic heterocycles. The molecule has 1 aliphatic carbocycles. The molecule has 1 aromatic heterocycles. The second-order valence-corrected chi connectivity index (χ2v) is 4.72. The van der Waals surface area contributed by atoms with Crippen molar-refractivity contribution in [1.82, 2.24) is 4.98 Å². The Morgan fingerprint density at radius 2 is 1.94 bits per heavy atom. The number of hydrogen-bond acceptors (Lipinski definition) is 3. The maximum absolute atomic E-state index is 5.73. The highest BCUT2D eigenvalue weighted by Crippen LogP contribution is 2.29. The summed E-state index contributed by atoms with van der Waals surface area (Å²) in [7, 11) is 0. The highest BCUT2D eigenvalue weighted by molar-refractivity contribution is 5.36. The first-order valence-corrected chi connectivity index (χ1v) is 6.26. The molecule has 0 radical (unpaired) electrons. The van der Waals surface area contributed by atoms with E-state index in [1.165, 1.54) is 11.1 Å². The summed E-state index contributed by atoms with van der Waals surface area (Å²) in [5.41, 5.74) is 8.36. The summed E-state index contributed by atoms with van der Waals surface area (Å²) >= 11 is 0. The Labute approximate surface area is 107 Å². The number of ether oxygens (including phenoxy) is 1. The first-order chi connectivity index (χ1) is 8.85. The summed E-state index contributed by atoms with van der Waals surface area (Å²) in [6.45, 7) is 0.740. The maximum atomic E-state index is 5.73. The standard InChI is InChI=1S/C15H16N2O/c16-9-11-6-12-8-15(17-10-13(12)7-11)18-14-4-2-1-3-5-14/h1-5,8,10-11H,6-7,9,16H2. The van der Waals surface area contributed by atoms with Crippen LogP contribution in [0.4, 0.5) is 0 Å². The van der Waals surface area contributed by atoms with E-state index in [0.717, 1.165) is 25.1 Å². The lowest BCUT2D eigenvalue weighted by Crippen LogP contribution is -2.13. The topological polar surface area (TPSA) is 48.1 Å². The molecule has 3 heteroatoms. The van der Waals surface area contributed by atoms with E-state index in [0.29, 0.717) is 11.8 Å². The van der Waals surface area contributed by atoms with Crippen molar-refractivity contribution in [2.24, 2.45) is 11.7 Å². The van der Waals surface area contributed by atoms with Gasteiger partial charge in [0.05, 0.1) is 0 Å². The molecule has 0 spiro atoms. The van der Waals surface area contributed by atoms with Gasteiger partial charge in [0, 0.05) is 12.3 Å². The van der Waals surface area contributed by atoms with Crippen LogP contribution < -0.4 is 10.5 Å². The zero-order chi connectivity index (χ0) is 12.4. The van der Waals surface area contributed by atoms with Crippen molar-refractivity contribution in [2.45, 2.75) is 12.8 Å². The minimum Gasteiger partial charge on any atom is -0.439 e. The van der Waals surface area contributed by atoms with Crippen molar-refractivity contribution in [2.75, 3.05) is 6.54 Å². The van der Waals surface area contributed by atoms with Crippen molar-refractivity contribution < 1.29 is 4.74 Å². The van der Waals surface area contributed by atoms with Gasteiger partial charge in [-0.3, -0.25) is 0 Å². The third-order valence-corrected chi connectivity index (χ3v) is 3.37. The number of pyridine rings is 1. The Morgan fingerprint density at radius 1 is 1.17 bits per heavy atom. The van der Waals surface area contributed by atoms with Gasteiger partial charge in [-0.25, -0.2) is 4.98 Å². The summed E-state index contributed by atoms with van der Waals surface area (Å²) in [6.07, 6.45) is 4.01. The van der Waals surface area contributed by atoms with Gasteiger partial charge in [0.2, 0.25) is 5.88 Å². The quantitative estimate of drug-likeness (QED) is 0.897. The maximum Gasteiger partial charge on any atom is 0.219 e. The van der Waals surface area contributed by atoms with E-state index in [-0.39, 0.29) is 0 Å². The van der Waals surface area contributed by atoms with E-state index in [1.807, 2.05) is 42.6 Å². The minimum atomic E-state index is 0.564. The lowest BCUT2D eigenvalue weighted by atomic mass is 10.1. The van der Waals surface area contributed by atoms with Crippen LogP contribution in [-0.2, 0) is 12.8 Å². The van der Waals surface area contributed by atoms with Gasteiger partial charge in [0.15, 0.2) is 0 Å². The van der Waals surface area contributed by atoms with Crippen LogP contribution in [0.5, 0.6) is 11.6 Å². The monoisotopic (exact) mass is 240 g/mol. The smallest absolute Gasteiger partial charge is 0.219 e.